The van der Waals surface area contributed by atoms with Crippen molar-refractivity contribution in [2.45, 2.75) is 32.2 Å². The van der Waals surface area contributed by atoms with Gasteiger partial charge < -0.3 is 20.0 Å². The van der Waals surface area contributed by atoms with Crippen molar-refractivity contribution in [3.63, 3.8) is 0 Å². The minimum atomic E-state index is -0.627. The van der Waals surface area contributed by atoms with Gasteiger partial charge in [-0.1, -0.05) is 19.4 Å². The molecule has 0 fully saturated rings. The van der Waals surface area contributed by atoms with Crippen molar-refractivity contribution < 1.29 is 14.3 Å². The van der Waals surface area contributed by atoms with Crippen LogP contribution in [0.2, 0.25) is 0 Å². The average Bonchev–Trinajstić information content (AvgIpc) is 2.85. The topological polar surface area (TPSA) is 104 Å². The van der Waals surface area contributed by atoms with Gasteiger partial charge in [0.15, 0.2) is 0 Å². The molecule has 1 amide bonds. The fraction of sp³-hybridized carbons (Fsp3) is 0.400. The zero-order valence-corrected chi connectivity index (χ0v) is 12.6. The van der Waals surface area contributed by atoms with Crippen molar-refractivity contribution in [1.82, 2.24) is 15.3 Å². The Morgan fingerprint density at radius 3 is 2.68 bits per heavy atom. The SMILES string of the molecule is CCC[C@@H](NC(=O)Cc1ccc2[nH]c(=O)[nH]c2c1)C(=O)OC. The predicted molar refractivity (Wildman–Crippen MR) is 81.5 cm³/mol. The molecule has 1 aromatic heterocycles. The van der Waals surface area contributed by atoms with Crippen LogP contribution in [-0.2, 0) is 20.7 Å². The largest absolute Gasteiger partial charge is 0.467 e. The number of fused-ring (bicyclic) bond motifs is 1. The molecule has 3 N–H and O–H groups in total. The number of aromatic amines is 2. The van der Waals surface area contributed by atoms with Crippen LogP contribution in [0.15, 0.2) is 23.0 Å². The van der Waals surface area contributed by atoms with Crippen LogP contribution in [0.5, 0.6) is 0 Å². The maximum Gasteiger partial charge on any atom is 0.328 e. The van der Waals surface area contributed by atoms with Gasteiger partial charge in [0.1, 0.15) is 6.04 Å². The molecule has 7 nitrogen and oxygen atoms in total. The molecular weight excluding hydrogens is 286 g/mol. The Labute approximate surface area is 127 Å². The Kier molecular flexibility index (Phi) is 4.98. The smallest absolute Gasteiger partial charge is 0.328 e. The van der Waals surface area contributed by atoms with Crippen LogP contribution < -0.4 is 11.0 Å². The lowest BCUT2D eigenvalue weighted by atomic mass is 10.1. The highest BCUT2D eigenvalue weighted by Gasteiger charge is 2.20. The molecule has 0 bridgehead atoms. The highest BCUT2D eigenvalue weighted by molar-refractivity contribution is 5.86. The van der Waals surface area contributed by atoms with Gasteiger partial charge in [-0.15, -0.1) is 0 Å². The summed E-state index contributed by atoms with van der Waals surface area (Å²) in [7, 11) is 1.30. The monoisotopic (exact) mass is 305 g/mol. The summed E-state index contributed by atoms with van der Waals surface area (Å²) in [5, 5.41) is 2.68. The van der Waals surface area contributed by atoms with Gasteiger partial charge in [-0.3, -0.25) is 4.79 Å². The molecule has 0 aliphatic rings. The maximum absolute atomic E-state index is 12.1. The summed E-state index contributed by atoms with van der Waals surface area (Å²) >= 11 is 0. The van der Waals surface area contributed by atoms with E-state index in [0.29, 0.717) is 17.5 Å². The first kappa shape index (κ1) is 15.8. The molecule has 0 aliphatic carbocycles. The first-order chi connectivity index (χ1) is 10.5. The van der Waals surface area contributed by atoms with E-state index in [1.54, 1.807) is 18.2 Å². The van der Waals surface area contributed by atoms with Crippen LogP contribution in [-0.4, -0.2) is 35.0 Å². The van der Waals surface area contributed by atoms with Gasteiger partial charge in [-0.2, -0.15) is 0 Å². The van der Waals surface area contributed by atoms with Crippen LogP contribution >= 0.6 is 0 Å². The summed E-state index contributed by atoms with van der Waals surface area (Å²) in [5.74, 6) is -0.707. The molecular formula is C15H19N3O4. The Balaban J connectivity index is 2.05. The Morgan fingerprint density at radius 2 is 2.00 bits per heavy atom. The third-order valence-corrected chi connectivity index (χ3v) is 3.34. The molecule has 0 unspecified atom stereocenters. The average molecular weight is 305 g/mol. The first-order valence-corrected chi connectivity index (χ1v) is 7.11. The normalized spacial score (nSPS) is 12.1. The van der Waals surface area contributed by atoms with Crippen molar-refractivity contribution >= 4 is 22.9 Å². The van der Waals surface area contributed by atoms with E-state index in [9.17, 15) is 14.4 Å². The van der Waals surface area contributed by atoms with Crippen LogP contribution in [0, 0.1) is 0 Å². The van der Waals surface area contributed by atoms with Crippen LogP contribution in [0.1, 0.15) is 25.3 Å². The zero-order chi connectivity index (χ0) is 16.1. The standard InChI is InChI=1S/C15H19N3O4/c1-3-4-11(14(20)22-2)16-13(19)8-9-5-6-10-12(7-9)18-15(21)17-10/h5-7,11H,3-4,8H2,1-2H3,(H,16,19)(H2,17,18,21)/t11-/m1/s1. The molecule has 0 spiro atoms. The fourth-order valence-corrected chi connectivity index (χ4v) is 2.30. The van der Waals surface area contributed by atoms with E-state index in [1.807, 2.05) is 6.92 Å². The van der Waals surface area contributed by atoms with E-state index in [2.05, 4.69) is 20.0 Å². The Morgan fingerprint density at radius 1 is 1.27 bits per heavy atom. The minimum absolute atomic E-state index is 0.125. The highest BCUT2D eigenvalue weighted by atomic mass is 16.5. The first-order valence-electron chi connectivity index (χ1n) is 7.11. The van der Waals surface area contributed by atoms with E-state index in [-0.39, 0.29) is 18.0 Å². The lowest BCUT2D eigenvalue weighted by Crippen LogP contribution is -2.42. The second-order valence-electron chi connectivity index (χ2n) is 5.07. The summed E-state index contributed by atoms with van der Waals surface area (Å²) in [4.78, 5) is 40.1. The predicted octanol–water partition coefficient (Wildman–Crippen LogP) is 0.857. The second-order valence-corrected chi connectivity index (χ2v) is 5.07. The number of methoxy groups -OCH3 is 1. The number of H-pyrrole nitrogens is 2. The number of hydrogen-bond donors (Lipinski definition) is 3. The second kappa shape index (κ2) is 6.93. The van der Waals surface area contributed by atoms with Gasteiger partial charge in [-0.25, -0.2) is 9.59 Å². The van der Waals surface area contributed by atoms with Crippen LogP contribution in [0.4, 0.5) is 0 Å². The summed E-state index contributed by atoms with van der Waals surface area (Å²) in [6, 6.07) is 4.61. The van der Waals surface area contributed by atoms with Crippen molar-refractivity contribution in [2.24, 2.45) is 0 Å². The summed E-state index contributed by atoms with van der Waals surface area (Å²) in [6.07, 6.45) is 1.42. The highest BCUT2D eigenvalue weighted by Crippen LogP contribution is 2.11. The Hall–Kier alpha value is -2.57. The number of aromatic nitrogens is 2. The van der Waals surface area contributed by atoms with Crippen molar-refractivity contribution in [3.8, 4) is 0 Å². The molecule has 0 saturated carbocycles. The van der Waals surface area contributed by atoms with E-state index in [0.717, 1.165) is 12.0 Å². The van der Waals surface area contributed by atoms with E-state index < -0.39 is 12.0 Å². The number of amides is 1. The maximum atomic E-state index is 12.1. The third kappa shape index (κ3) is 3.75. The number of carbonyl (C=O) groups is 2. The minimum Gasteiger partial charge on any atom is -0.467 e. The summed E-state index contributed by atoms with van der Waals surface area (Å²) in [5.41, 5.74) is 1.80. The van der Waals surface area contributed by atoms with Gasteiger partial charge in [0.05, 0.1) is 24.6 Å². The molecule has 2 aromatic rings. The van der Waals surface area contributed by atoms with Crippen molar-refractivity contribution in [3.05, 3.63) is 34.2 Å². The molecule has 2 rings (SSSR count). The molecule has 22 heavy (non-hydrogen) atoms. The molecule has 0 aliphatic heterocycles. The number of nitrogens with one attached hydrogen (secondary N) is 3. The molecule has 118 valence electrons. The number of imidazole rings is 1. The van der Waals surface area contributed by atoms with Gasteiger partial charge in [0, 0.05) is 0 Å². The fourth-order valence-electron chi connectivity index (χ4n) is 2.30. The van der Waals surface area contributed by atoms with Gasteiger partial charge in [0.2, 0.25) is 5.91 Å². The molecule has 1 heterocycles. The van der Waals surface area contributed by atoms with E-state index in [1.165, 1.54) is 7.11 Å². The van der Waals surface area contributed by atoms with E-state index in [4.69, 9.17) is 0 Å². The zero-order valence-electron chi connectivity index (χ0n) is 12.6. The lowest BCUT2D eigenvalue weighted by molar-refractivity contribution is -0.145. The van der Waals surface area contributed by atoms with E-state index >= 15 is 0 Å². The number of ether oxygens (including phenoxy) is 1. The quantitative estimate of drug-likeness (QED) is 0.688. The number of hydrogen-bond acceptors (Lipinski definition) is 4. The van der Waals surface area contributed by atoms with Gasteiger partial charge in [-0.05, 0) is 24.1 Å². The van der Waals surface area contributed by atoms with Crippen molar-refractivity contribution in [2.75, 3.05) is 7.11 Å². The number of esters is 1. The number of rotatable bonds is 6. The summed E-state index contributed by atoms with van der Waals surface area (Å²) in [6.45, 7) is 1.93. The molecule has 7 heteroatoms. The van der Waals surface area contributed by atoms with Crippen molar-refractivity contribution in [1.29, 1.82) is 0 Å². The molecule has 0 saturated heterocycles. The molecule has 0 radical (unpaired) electrons. The molecule has 1 aromatic carbocycles. The van der Waals surface area contributed by atoms with Crippen LogP contribution in [0.25, 0.3) is 11.0 Å². The Bertz CT molecular complexity index is 732. The van der Waals surface area contributed by atoms with Gasteiger partial charge >= 0.3 is 11.7 Å². The molecule has 1 atom stereocenters. The number of benzene rings is 1. The number of carbonyl (C=O) groups excluding carboxylic acids is 2. The van der Waals surface area contributed by atoms with Crippen LogP contribution in [0.3, 0.4) is 0 Å². The van der Waals surface area contributed by atoms with Gasteiger partial charge in [0.25, 0.3) is 0 Å². The summed E-state index contributed by atoms with van der Waals surface area (Å²) < 4.78 is 4.68. The third-order valence-electron chi connectivity index (χ3n) is 3.34. The lowest BCUT2D eigenvalue weighted by Gasteiger charge is -2.15.